The second-order valence-electron chi connectivity index (χ2n) is 6.97. The molecular formula is C19H24N6O. The van der Waals surface area contributed by atoms with Crippen molar-refractivity contribution in [2.24, 2.45) is 0 Å². The molecule has 0 unspecified atom stereocenters. The number of aromatic nitrogens is 5. The van der Waals surface area contributed by atoms with Crippen molar-refractivity contribution in [1.29, 1.82) is 0 Å². The van der Waals surface area contributed by atoms with Gasteiger partial charge in [0.2, 0.25) is 0 Å². The van der Waals surface area contributed by atoms with E-state index >= 15 is 0 Å². The van der Waals surface area contributed by atoms with Crippen LogP contribution in [0.25, 0.3) is 11.4 Å². The number of aromatic amines is 1. The number of rotatable bonds is 4. The topological polar surface area (TPSA) is 83.7 Å². The number of nitrogens with one attached hydrogen (secondary N) is 1. The highest BCUT2D eigenvalue weighted by molar-refractivity contribution is 5.60. The zero-order chi connectivity index (χ0) is 18.1. The monoisotopic (exact) mass is 352 g/mol. The lowest BCUT2D eigenvalue weighted by atomic mass is 9.98. The Morgan fingerprint density at radius 1 is 1.23 bits per heavy atom. The molecule has 0 bridgehead atoms. The first kappa shape index (κ1) is 16.9. The van der Waals surface area contributed by atoms with Gasteiger partial charge in [-0.25, -0.2) is 15.0 Å². The van der Waals surface area contributed by atoms with Gasteiger partial charge < -0.3 is 9.51 Å². The summed E-state index contributed by atoms with van der Waals surface area (Å²) >= 11 is 0. The Morgan fingerprint density at radius 3 is 2.85 bits per heavy atom. The number of imidazole rings is 1. The Kier molecular flexibility index (Phi) is 4.55. The molecule has 26 heavy (non-hydrogen) atoms. The van der Waals surface area contributed by atoms with Crippen molar-refractivity contribution >= 4 is 0 Å². The fourth-order valence-corrected chi connectivity index (χ4v) is 3.77. The van der Waals surface area contributed by atoms with Crippen molar-refractivity contribution < 1.29 is 4.52 Å². The molecule has 1 aliphatic rings. The standard InChI is InChI=1S/C19H24N6O/c1-12-10-15(23-19(22-12)18-13(2)24-26-14(18)3)16-6-4-5-9-25(16)11-17-20-7-8-21-17/h7-8,10,16H,4-6,9,11H2,1-3H3,(H,20,21)/t16-/m0/s1. The molecule has 0 aliphatic carbocycles. The van der Waals surface area contributed by atoms with Crippen LogP contribution in [0.1, 0.15) is 54.0 Å². The fraction of sp³-hybridized carbons (Fsp3) is 0.474. The Hall–Kier alpha value is -2.54. The van der Waals surface area contributed by atoms with E-state index in [0.29, 0.717) is 5.82 Å². The van der Waals surface area contributed by atoms with E-state index in [1.54, 1.807) is 6.20 Å². The Morgan fingerprint density at radius 2 is 2.12 bits per heavy atom. The van der Waals surface area contributed by atoms with E-state index in [2.05, 4.69) is 31.1 Å². The number of likely N-dealkylation sites (tertiary alicyclic amines) is 1. The molecule has 7 nitrogen and oxygen atoms in total. The van der Waals surface area contributed by atoms with Crippen LogP contribution in [-0.4, -0.2) is 36.5 Å². The van der Waals surface area contributed by atoms with Crippen LogP contribution >= 0.6 is 0 Å². The molecule has 136 valence electrons. The van der Waals surface area contributed by atoms with Gasteiger partial charge in [0.1, 0.15) is 11.6 Å². The number of hydrogen-bond donors (Lipinski definition) is 1. The van der Waals surface area contributed by atoms with Gasteiger partial charge in [0.05, 0.1) is 29.5 Å². The van der Waals surface area contributed by atoms with Gasteiger partial charge in [0, 0.05) is 18.1 Å². The third-order valence-corrected chi connectivity index (χ3v) is 4.99. The van der Waals surface area contributed by atoms with Crippen molar-refractivity contribution in [3.63, 3.8) is 0 Å². The predicted octanol–water partition coefficient (Wildman–Crippen LogP) is 3.51. The maximum Gasteiger partial charge on any atom is 0.165 e. The minimum atomic E-state index is 0.273. The third kappa shape index (κ3) is 3.26. The highest BCUT2D eigenvalue weighted by Crippen LogP contribution is 2.33. The SMILES string of the molecule is Cc1cc([C@@H]2CCCCN2Cc2ncc[nH]2)nc(-c2c(C)noc2C)n1. The average molecular weight is 352 g/mol. The van der Waals surface area contributed by atoms with Crippen LogP contribution in [-0.2, 0) is 6.54 Å². The Bertz CT molecular complexity index is 866. The van der Waals surface area contributed by atoms with Crippen LogP contribution in [0.4, 0.5) is 0 Å². The molecule has 0 saturated carbocycles. The van der Waals surface area contributed by atoms with E-state index in [0.717, 1.165) is 53.7 Å². The molecule has 1 N–H and O–H groups in total. The maximum absolute atomic E-state index is 5.31. The minimum absolute atomic E-state index is 0.273. The second-order valence-corrected chi connectivity index (χ2v) is 6.97. The average Bonchev–Trinajstić information content (AvgIpc) is 3.24. The highest BCUT2D eigenvalue weighted by Gasteiger charge is 2.27. The summed E-state index contributed by atoms with van der Waals surface area (Å²) in [6.07, 6.45) is 7.19. The minimum Gasteiger partial charge on any atom is -0.361 e. The molecule has 1 atom stereocenters. The number of H-pyrrole nitrogens is 1. The summed E-state index contributed by atoms with van der Waals surface area (Å²) < 4.78 is 5.31. The number of hydrogen-bond acceptors (Lipinski definition) is 6. The van der Waals surface area contributed by atoms with E-state index in [9.17, 15) is 0 Å². The summed E-state index contributed by atoms with van der Waals surface area (Å²) in [4.78, 5) is 19.6. The van der Waals surface area contributed by atoms with E-state index < -0.39 is 0 Å². The smallest absolute Gasteiger partial charge is 0.165 e. The van der Waals surface area contributed by atoms with Crippen LogP contribution in [0.2, 0.25) is 0 Å². The first-order chi connectivity index (χ1) is 12.6. The summed E-state index contributed by atoms with van der Waals surface area (Å²) in [6, 6.07) is 2.38. The first-order valence-corrected chi connectivity index (χ1v) is 9.13. The molecule has 1 fully saturated rings. The molecule has 0 amide bonds. The van der Waals surface area contributed by atoms with Gasteiger partial charge in [-0.2, -0.15) is 0 Å². The van der Waals surface area contributed by atoms with Crippen molar-refractivity contribution in [2.45, 2.75) is 52.6 Å². The second kappa shape index (κ2) is 6.99. The Labute approximate surface area is 152 Å². The predicted molar refractivity (Wildman–Crippen MR) is 97.3 cm³/mol. The van der Waals surface area contributed by atoms with Crippen LogP contribution in [0.3, 0.4) is 0 Å². The van der Waals surface area contributed by atoms with Crippen LogP contribution in [0.15, 0.2) is 23.0 Å². The summed E-state index contributed by atoms with van der Waals surface area (Å²) in [5.74, 6) is 2.46. The molecule has 0 spiro atoms. The van der Waals surface area contributed by atoms with E-state index in [-0.39, 0.29) is 6.04 Å². The van der Waals surface area contributed by atoms with Crippen molar-refractivity contribution in [1.82, 2.24) is 30.0 Å². The highest BCUT2D eigenvalue weighted by atomic mass is 16.5. The summed E-state index contributed by atoms with van der Waals surface area (Å²) in [6.45, 7) is 7.72. The van der Waals surface area contributed by atoms with E-state index in [1.807, 2.05) is 27.0 Å². The zero-order valence-electron chi connectivity index (χ0n) is 15.5. The lowest BCUT2D eigenvalue weighted by Gasteiger charge is -2.35. The van der Waals surface area contributed by atoms with Crippen LogP contribution < -0.4 is 0 Å². The van der Waals surface area contributed by atoms with Crippen molar-refractivity contribution in [2.75, 3.05) is 6.54 Å². The fourth-order valence-electron chi connectivity index (χ4n) is 3.77. The molecule has 4 rings (SSSR count). The molecule has 7 heteroatoms. The zero-order valence-corrected chi connectivity index (χ0v) is 15.5. The molecule has 0 radical (unpaired) electrons. The quantitative estimate of drug-likeness (QED) is 0.773. The van der Waals surface area contributed by atoms with Gasteiger partial charge in [0.25, 0.3) is 0 Å². The van der Waals surface area contributed by atoms with Crippen LogP contribution in [0.5, 0.6) is 0 Å². The van der Waals surface area contributed by atoms with Gasteiger partial charge in [-0.1, -0.05) is 11.6 Å². The van der Waals surface area contributed by atoms with Gasteiger partial charge in [-0.3, -0.25) is 4.90 Å². The van der Waals surface area contributed by atoms with Crippen LogP contribution in [0, 0.1) is 20.8 Å². The molecule has 3 aromatic rings. The summed E-state index contributed by atoms with van der Waals surface area (Å²) in [5, 5.41) is 4.05. The molecule has 1 aliphatic heterocycles. The third-order valence-electron chi connectivity index (χ3n) is 4.99. The van der Waals surface area contributed by atoms with E-state index in [4.69, 9.17) is 9.51 Å². The van der Waals surface area contributed by atoms with Gasteiger partial charge in [-0.05, 0) is 46.2 Å². The number of aryl methyl sites for hydroxylation is 3. The van der Waals surface area contributed by atoms with Crippen molar-refractivity contribution in [3.8, 4) is 11.4 Å². The number of nitrogens with zero attached hydrogens (tertiary/aromatic N) is 5. The maximum atomic E-state index is 5.31. The van der Waals surface area contributed by atoms with Crippen molar-refractivity contribution in [3.05, 3.63) is 47.1 Å². The lowest BCUT2D eigenvalue weighted by Crippen LogP contribution is -2.34. The van der Waals surface area contributed by atoms with Gasteiger partial charge in [-0.15, -0.1) is 0 Å². The normalized spacial score (nSPS) is 18.3. The van der Waals surface area contributed by atoms with Gasteiger partial charge in [0.15, 0.2) is 5.82 Å². The molecule has 3 aromatic heterocycles. The van der Waals surface area contributed by atoms with E-state index in [1.165, 1.54) is 12.8 Å². The largest absolute Gasteiger partial charge is 0.361 e. The molecular weight excluding hydrogens is 328 g/mol. The first-order valence-electron chi connectivity index (χ1n) is 9.13. The summed E-state index contributed by atoms with van der Waals surface area (Å²) in [7, 11) is 0. The summed E-state index contributed by atoms with van der Waals surface area (Å²) in [5.41, 5.74) is 3.77. The number of piperidine rings is 1. The molecule has 1 saturated heterocycles. The van der Waals surface area contributed by atoms with Gasteiger partial charge >= 0.3 is 0 Å². The Balaban J connectivity index is 1.69. The lowest BCUT2D eigenvalue weighted by molar-refractivity contribution is 0.134. The molecule has 4 heterocycles. The molecule has 0 aromatic carbocycles.